The van der Waals surface area contributed by atoms with Gasteiger partial charge < -0.3 is 15.2 Å². The Labute approximate surface area is 114 Å². The van der Waals surface area contributed by atoms with Crippen molar-refractivity contribution in [3.8, 4) is 0 Å². The van der Waals surface area contributed by atoms with Gasteiger partial charge in [0.05, 0.1) is 13.1 Å². The quantitative estimate of drug-likeness (QED) is 0.846. The Balaban J connectivity index is 1.90. The van der Waals surface area contributed by atoms with Gasteiger partial charge in [0.15, 0.2) is 5.82 Å². The molecule has 108 valence electrons. The maximum atomic E-state index is 5.47. The molecule has 0 amide bonds. The first kappa shape index (κ1) is 14.4. The lowest BCUT2D eigenvalue weighted by molar-refractivity contribution is 0.0768. The minimum absolute atomic E-state index is 0.308. The molecule has 0 aliphatic carbocycles. The SMILES string of the molecule is CCN1CCC(N(C)Cc2noc(CN)n2)C(C)C1. The number of hydrogen-bond acceptors (Lipinski definition) is 6. The Hall–Kier alpha value is -0.980. The highest BCUT2D eigenvalue weighted by molar-refractivity contribution is 4.89. The van der Waals surface area contributed by atoms with Crippen molar-refractivity contribution in [1.29, 1.82) is 0 Å². The molecule has 2 rings (SSSR count). The van der Waals surface area contributed by atoms with Gasteiger partial charge in [0.1, 0.15) is 0 Å². The van der Waals surface area contributed by atoms with Crippen LogP contribution in [0.1, 0.15) is 32.0 Å². The van der Waals surface area contributed by atoms with Crippen molar-refractivity contribution in [2.75, 3.05) is 26.7 Å². The molecular weight excluding hydrogens is 242 g/mol. The topological polar surface area (TPSA) is 71.4 Å². The molecule has 6 nitrogen and oxygen atoms in total. The van der Waals surface area contributed by atoms with Crippen LogP contribution in [-0.2, 0) is 13.1 Å². The van der Waals surface area contributed by atoms with Crippen LogP contribution in [0.3, 0.4) is 0 Å². The third-order valence-electron chi connectivity index (χ3n) is 4.03. The van der Waals surface area contributed by atoms with E-state index in [2.05, 4.69) is 40.8 Å². The number of nitrogens with two attached hydrogens (primary N) is 1. The largest absolute Gasteiger partial charge is 0.338 e. The average molecular weight is 267 g/mol. The zero-order chi connectivity index (χ0) is 13.8. The van der Waals surface area contributed by atoms with Gasteiger partial charge in [0.25, 0.3) is 0 Å². The van der Waals surface area contributed by atoms with E-state index in [1.165, 1.54) is 19.5 Å². The fourth-order valence-electron chi connectivity index (χ4n) is 2.94. The van der Waals surface area contributed by atoms with E-state index < -0.39 is 0 Å². The Morgan fingerprint density at radius 1 is 1.53 bits per heavy atom. The highest BCUT2D eigenvalue weighted by atomic mass is 16.5. The van der Waals surface area contributed by atoms with E-state index in [4.69, 9.17) is 10.3 Å². The summed E-state index contributed by atoms with van der Waals surface area (Å²) in [6, 6.07) is 0.586. The fraction of sp³-hybridized carbons (Fsp3) is 0.846. The Bertz CT molecular complexity index is 394. The summed E-state index contributed by atoms with van der Waals surface area (Å²) in [4.78, 5) is 9.11. The Morgan fingerprint density at radius 2 is 2.32 bits per heavy atom. The summed E-state index contributed by atoms with van der Waals surface area (Å²) >= 11 is 0. The number of likely N-dealkylation sites (tertiary alicyclic amines) is 1. The molecule has 1 aromatic heterocycles. The summed E-state index contributed by atoms with van der Waals surface area (Å²) in [6.45, 7) is 9.08. The summed E-state index contributed by atoms with van der Waals surface area (Å²) in [5, 5.41) is 3.96. The molecule has 0 spiro atoms. The third-order valence-corrected chi connectivity index (χ3v) is 4.03. The second-order valence-electron chi connectivity index (χ2n) is 5.45. The molecule has 1 aromatic rings. The lowest BCUT2D eigenvalue weighted by Gasteiger charge is -2.40. The van der Waals surface area contributed by atoms with Gasteiger partial charge in [-0.2, -0.15) is 4.98 Å². The molecule has 1 saturated heterocycles. The normalized spacial score (nSPS) is 25.1. The van der Waals surface area contributed by atoms with E-state index >= 15 is 0 Å². The lowest BCUT2D eigenvalue weighted by atomic mass is 9.92. The van der Waals surface area contributed by atoms with Crippen molar-refractivity contribution in [2.24, 2.45) is 11.7 Å². The average Bonchev–Trinajstić information content (AvgIpc) is 2.86. The van der Waals surface area contributed by atoms with Crippen molar-refractivity contribution >= 4 is 0 Å². The van der Waals surface area contributed by atoms with Crippen molar-refractivity contribution < 1.29 is 4.52 Å². The Morgan fingerprint density at radius 3 is 2.89 bits per heavy atom. The second kappa shape index (κ2) is 6.45. The summed E-state index contributed by atoms with van der Waals surface area (Å²) in [5.74, 6) is 1.91. The number of piperidine rings is 1. The van der Waals surface area contributed by atoms with Crippen LogP contribution >= 0.6 is 0 Å². The van der Waals surface area contributed by atoms with Crippen LogP contribution in [0.5, 0.6) is 0 Å². The predicted molar refractivity (Wildman–Crippen MR) is 73.3 cm³/mol. The summed E-state index contributed by atoms with van der Waals surface area (Å²) in [6.07, 6.45) is 1.20. The van der Waals surface area contributed by atoms with E-state index in [0.717, 1.165) is 18.9 Å². The standard InChI is InChI=1S/C13H25N5O/c1-4-18-6-5-11(10(2)8-18)17(3)9-12-15-13(7-14)19-16-12/h10-11H,4-9,14H2,1-3H3. The summed E-state index contributed by atoms with van der Waals surface area (Å²) in [5.41, 5.74) is 5.47. The molecule has 2 N–H and O–H groups in total. The number of nitrogens with zero attached hydrogens (tertiary/aromatic N) is 4. The first-order chi connectivity index (χ1) is 9.13. The Kier molecular flexibility index (Phi) is 4.90. The van der Waals surface area contributed by atoms with E-state index in [9.17, 15) is 0 Å². The van der Waals surface area contributed by atoms with E-state index in [0.29, 0.717) is 24.4 Å². The molecule has 2 heterocycles. The highest BCUT2D eigenvalue weighted by Gasteiger charge is 2.28. The van der Waals surface area contributed by atoms with Crippen LogP contribution < -0.4 is 5.73 Å². The van der Waals surface area contributed by atoms with Crippen molar-refractivity contribution in [1.82, 2.24) is 19.9 Å². The van der Waals surface area contributed by atoms with Gasteiger partial charge in [0, 0.05) is 12.6 Å². The highest BCUT2D eigenvalue weighted by Crippen LogP contribution is 2.22. The third kappa shape index (κ3) is 3.52. The van der Waals surface area contributed by atoms with Crippen LogP contribution in [0.25, 0.3) is 0 Å². The van der Waals surface area contributed by atoms with E-state index in [1.807, 2.05) is 0 Å². The van der Waals surface area contributed by atoms with Crippen LogP contribution in [-0.4, -0.2) is 52.7 Å². The van der Waals surface area contributed by atoms with Gasteiger partial charge in [-0.15, -0.1) is 0 Å². The molecule has 19 heavy (non-hydrogen) atoms. The van der Waals surface area contributed by atoms with Crippen LogP contribution in [0.15, 0.2) is 4.52 Å². The zero-order valence-electron chi connectivity index (χ0n) is 12.2. The van der Waals surface area contributed by atoms with E-state index in [1.54, 1.807) is 0 Å². The van der Waals surface area contributed by atoms with Crippen LogP contribution in [0, 0.1) is 5.92 Å². The molecule has 2 atom stereocenters. The predicted octanol–water partition coefficient (Wildman–Crippen LogP) is 0.690. The van der Waals surface area contributed by atoms with Gasteiger partial charge in [-0.1, -0.05) is 19.0 Å². The zero-order valence-corrected chi connectivity index (χ0v) is 12.2. The molecule has 1 aliphatic heterocycles. The van der Waals surface area contributed by atoms with Gasteiger partial charge in [-0.3, -0.25) is 4.90 Å². The maximum absolute atomic E-state index is 5.47. The van der Waals surface area contributed by atoms with Gasteiger partial charge in [0.2, 0.25) is 5.89 Å². The first-order valence-corrected chi connectivity index (χ1v) is 7.08. The first-order valence-electron chi connectivity index (χ1n) is 7.08. The minimum Gasteiger partial charge on any atom is -0.338 e. The number of hydrogen-bond donors (Lipinski definition) is 1. The fourth-order valence-corrected chi connectivity index (χ4v) is 2.94. The van der Waals surface area contributed by atoms with Gasteiger partial charge >= 0.3 is 0 Å². The summed E-state index contributed by atoms with van der Waals surface area (Å²) < 4.78 is 5.04. The maximum Gasteiger partial charge on any atom is 0.240 e. The molecule has 1 fully saturated rings. The second-order valence-corrected chi connectivity index (χ2v) is 5.45. The van der Waals surface area contributed by atoms with Gasteiger partial charge in [-0.25, -0.2) is 0 Å². The molecule has 0 aromatic carbocycles. The van der Waals surface area contributed by atoms with Crippen molar-refractivity contribution in [2.45, 2.75) is 39.4 Å². The smallest absolute Gasteiger partial charge is 0.240 e. The van der Waals surface area contributed by atoms with Crippen molar-refractivity contribution in [3.63, 3.8) is 0 Å². The van der Waals surface area contributed by atoms with E-state index in [-0.39, 0.29) is 0 Å². The number of aromatic nitrogens is 2. The molecule has 0 radical (unpaired) electrons. The number of rotatable bonds is 5. The monoisotopic (exact) mass is 267 g/mol. The van der Waals surface area contributed by atoms with Crippen LogP contribution in [0.4, 0.5) is 0 Å². The van der Waals surface area contributed by atoms with Crippen LogP contribution in [0.2, 0.25) is 0 Å². The molecule has 0 bridgehead atoms. The van der Waals surface area contributed by atoms with Crippen molar-refractivity contribution in [3.05, 3.63) is 11.7 Å². The molecule has 6 heteroatoms. The summed E-state index contributed by atoms with van der Waals surface area (Å²) in [7, 11) is 2.14. The molecular formula is C13H25N5O. The molecule has 2 unspecified atom stereocenters. The lowest BCUT2D eigenvalue weighted by Crippen LogP contribution is -2.48. The molecule has 0 saturated carbocycles. The molecule has 1 aliphatic rings. The van der Waals surface area contributed by atoms with Gasteiger partial charge in [-0.05, 0) is 32.5 Å². The minimum atomic E-state index is 0.308.